The number of nitrogens with zero attached hydrogens (tertiary/aromatic N) is 1. The Bertz CT molecular complexity index is 517. The van der Waals surface area contributed by atoms with Gasteiger partial charge in [0.05, 0.1) is 5.69 Å². The summed E-state index contributed by atoms with van der Waals surface area (Å²) in [5.74, 6) is 2.89. The molecule has 1 aliphatic rings. The molecule has 1 atom stereocenters. The minimum absolute atomic E-state index is 0.0336. The van der Waals surface area contributed by atoms with Crippen LogP contribution in [-0.2, 0) is 4.79 Å². The van der Waals surface area contributed by atoms with Gasteiger partial charge in [0.2, 0.25) is 5.91 Å². The summed E-state index contributed by atoms with van der Waals surface area (Å²) in [6.07, 6.45) is 0.498. The molecule has 0 aromatic heterocycles. The molecule has 1 saturated heterocycles. The predicted molar refractivity (Wildman–Crippen MR) is 97.6 cm³/mol. The maximum atomic E-state index is 12.3. The fourth-order valence-corrected chi connectivity index (χ4v) is 3.32. The maximum absolute atomic E-state index is 12.3. The molecule has 0 spiro atoms. The Kier molecular flexibility index (Phi) is 7.20. The van der Waals surface area contributed by atoms with Crippen LogP contribution in [0.2, 0.25) is 0 Å². The second-order valence-electron chi connectivity index (χ2n) is 6.13. The van der Waals surface area contributed by atoms with Crippen LogP contribution in [0.25, 0.3) is 0 Å². The van der Waals surface area contributed by atoms with Gasteiger partial charge in [0.15, 0.2) is 0 Å². The first-order chi connectivity index (χ1) is 11.0. The molecule has 2 N–H and O–H groups in total. The van der Waals surface area contributed by atoms with Crippen LogP contribution in [0.1, 0.15) is 12.0 Å². The number of ether oxygens (including phenoxy) is 1. The number of hydrogen-bond donors (Lipinski definition) is 2. The Hall–Kier alpha value is -1.24. The van der Waals surface area contributed by atoms with Crippen LogP contribution in [0.15, 0.2) is 18.2 Å². The molecule has 0 radical (unpaired) electrons. The first kappa shape index (κ1) is 18.1. The minimum Gasteiger partial charge on any atom is -0.490 e. The lowest BCUT2D eigenvalue weighted by molar-refractivity contribution is -0.116. The summed E-state index contributed by atoms with van der Waals surface area (Å²) in [5.41, 5.74) is 1.87. The SMILES string of the molecule is Cc1ccc(NC(=O)CC2CSCCN2)c(OCCN(C)C)c1. The number of likely N-dealkylation sites (N-methyl/N-ethyl adjacent to an activating group) is 1. The molecule has 1 fully saturated rings. The molecule has 1 aromatic carbocycles. The van der Waals surface area contributed by atoms with E-state index in [-0.39, 0.29) is 11.9 Å². The van der Waals surface area contributed by atoms with Gasteiger partial charge in [-0.3, -0.25) is 4.79 Å². The highest BCUT2D eigenvalue weighted by atomic mass is 32.2. The largest absolute Gasteiger partial charge is 0.490 e. The van der Waals surface area contributed by atoms with Crippen molar-refractivity contribution in [3.05, 3.63) is 23.8 Å². The number of hydrogen-bond acceptors (Lipinski definition) is 5. The van der Waals surface area contributed by atoms with E-state index < -0.39 is 0 Å². The molecule has 23 heavy (non-hydrogen) atoms. The zero-order valence-electron chi connectivity index (χ0n) is 14.2. The van der Waals surface area contributed by atoms with E-state index in [0.29, 0.717) is 13.0 Å². The smallest absolute Gasteiger partial charge is 0.226 e. The van der Waals surface area contributed by atoms with E-state index in [0.717, 1.165) is 41.6 Å². The van der Waals surface area contributed by atoms with Crippen LogP contribution in [0.4, 0.5) is 5.69 Å². The van der Waals surface area contributed by atoms with Gasteiger partial charge < -0.3 is 20.3 Å². The Balaban J connectivity index is 1.93. The number of carbonyl (C=O) groups is 1. The quantitative estimate of drug-likeness (QED) is 0.797. The lowest BCUT2D eigenvalue weighted by Crippen LogP contribution is -2.39. The van der Waals surface area contributed by atoms with Gasteiger partial charge in [0, 0.05) is 37.1 Å². The van der Waals surface area contributed by atoms with Crippen LogP contribution < -0.4 is 15.4 Å². The molecule has 1 aromatic rings. The molecular weight excluding hydrogens is 310 g/mol. The minimum atomic E-state index is 0.0336. The average Bonchev–Trinajstić information content (AvgIpc) is 2.50. The number of aryl methyl sites for hydroxylation is 1. The lowest BCUT2D eigenvalue weighted by atomic mass is 10.2. The Morgan fingerprint density at radius 1 is 1.48 bits per heavy atom. The summed E-state index contributed by atoms with van der Waals surface area (Å²) in [6.45, 7) is 4.43. The second-order valence-corrected chi connectivity index (χ2v) is 7.28. The molecular formula is C17H27N3O2S. The van der Waals surface area contributed by atoms with Crippen molar-refractivity contribution in [2.45, 2.75) is 19.4 Å². The molecule has 1 heterocycles. The summed E-state index contributed by atoms with van der Waals surface area (Å²) in [7, 11) is 4.02. The fraction of sp³-hybridized carbons (Fsp3) is 0.588. The highest BCUT2D eigenvalue weighted by Crippen LogP contribution is 2.26. The molecule has 0 bridgehead atoms. The molecule has 1 aliphatic heterocycles. The average molecular weight is 337 g/mol. The van der Waals surface area contributed by atoms with E-state index in [2.05, 4.69) is 15.5 Å². The zero-order valence-corrected chi connectivity index (χ0v) is 15.0. The fourth-order valence-electron chi connectivity index (χ4n) is 2.37. The number of rotatable bonds is 7. The normalized spacial score (nSPS) is 18.0. The Labute approximate surface area is 143 Å². The number of carbonyl (C=O) groups excluding carboxylic acids is 1. The monoisotopic (exact) mass is 337 g/mol. The molecule has 1 amide bonds. The van der Waals surface area contributed by atoms with Gasteiger partial charge in [0.1, 0.15) is 12.4 Å². The lowest BCUT2D eigenvalue weighted by Gasteiger charge is -2.23. The van der Waals surface area contributed by atoms with Gasteiger partial charge in [-0.05, 0) is 38.7 Å². The van der Waals surface area contributed by atoms with Crippen molar-refractivity contribution in [2.75, 3.05) is 50.6 Å². The van der Waals surface area contributed by atoms with Gasteiger partial charge in [-0.25, -0.2) is 0 Å². The van der Waals surface area contributed by atoms with E-state index in [1.807, 2.05) is 51.0 Å². The number of amides is 1. The standard InChI is InChI=1S/C17H27N3O2S/c1-13-4-5-15(16(10-13)22-8-7-20(2)3)19-17(21)11-14-12-23-9-6-18-14/h4-5,10,14,18H,6-9,11-12H2,1-3H3,(H,19,21). The molecule has 1 unspecified atom stereocenters. The van der Waals surface area contributed by atoms with Crippen molar-refractivity contribution >= 4 is 23.4 Å². The predicted octanol–water partition coefficient (Wildman–Crippen LogP) is 1.97. The van der Waals surface area contributed by atoms with Crippen molar-refractivity contribution in [3.8, 4) is 5.75 Å². The molecule has 128 valence electrons. The van der Waals surface area contributed by atoms with E-state index in [9.17, 15) is 4.79 Å². The van der Waals surface area contributed by atoms with Crippen LogP contribution in [0.5, 0.6) is 5.75 Å². The zero-order chi connectivity index (χ0) is 16.7. The maximum Gasteiger partial charge on any atom is 0.226 e. The summed E-state index contributed by atoms with van der Waals surface area (Å²) in [5, 5.41) is 6.38. The van der Waals surface area contributed by atoms with Crippen molar-refractivity contribution in [1.29, 1.82) is 0 Å². The highest BCUT2D eigenvalue weighted by Gasteiger charge is 2.17. The van der Waals surface area contributed by atoms with Crippen molar-refractivity contribution in [1.82, 2.24) is 10.2 Å². The van der Waals surface area contributed by atoms with Crippen LogP contribution in [-0.4, -0.2) is 62.1 Å². The number of thioether (sulfide) groups is 1. The summed E-state index contributed by atoms with van der Waals surface area (Å²) >= 11 is 1.90. The second kappa shape index (κ2) is 9.15. The molecule has 2 rings (SSSR count). The van der Waals surface area contributed by atoms with Crippen molar-refractivity contribution in [3.63, 3.8) is 0 Å². The van der Waals surface area contributed by atoms with Crippen LogP contribution in [0.3, 0.4) is 0 Å². The molecule has 0 saturated carbocycles. The van der Waals surface area contributed by atoms with Gasteiger partial charge in [0.25, 0.3) is 0 Å². The van der Waals surface area contributed by atoms with E-state index in [1.54, 1.807) is 0 Å². The van der Waals surface area contributed by atoms with Gasteiger partial charge in [-0.2, -0.15) is 11.8 Å². The van der Waals surface area contributed by atoms with E-state index >= 15 is 0 Å². The van der Waals surface area contributed by atoms with Crippen molar-refractivity contribution < 1.29 is 9.53 Å². The van der Waals surface area contributed by atoms with Crippen molar-refractivity contribution in [2.24, 2.45) is 0 Å². The third kappa shape index (κ3) is 6.41. The first-order valence-electron chi connectivity index (χ1n) is 8.04. The highest BCUT2D eigenvalue weighted by molar-refractivity contribution is 7.99. The van der Waals surface area contributed by atoms with Gasteiger partial charge >= 0.3 is 0 Å². The third-order valence-corrected chi connectivity index (χ3v) is 4.77. The Morgan fingerprint density at radius 3 is 3.00 bits per heavy atom. The van der Waals surface area contributed by atoms with Gasteiger partial charge in [-0.15, -0.1) is 0 Å². The first-order valence-corrected chi connectivity index (χ1v) is 9.19. The van der Waals surface area contributed by atoms with E-state index in [4.69, 9.17) is 4.74 Å². The number of anilines is 1. The topological polar surface area (TPSA) is 53.6 Å². The van der Waals surface area contributed by atoms with Gasteiger partial charge in [-0.1, -0.05) is 6.07 Å². The molecule has 0 aliphatic carbocycles. The Morgan fingerprint density at radius 2 is 2.30 bits per heavy atom. The number of benzene rings is 1. The summed E-state index contributed by atoms with van der Waals surface area (Å²) in [4.78, 5) is 14.3. The summed E-state index contributed by atoms with van der Waals surface area (Å²) < 4.78 is 5.84. The molecule has 5 nitrogen and oxygen atoms in total. The van der Waals surface area contributed by atoms with Crippen LogP contribution in [0, 0.1) is 6.92 Å². The van der Waals surface area contributed by atoms with E-state index in [1.165, 1.54) is 0 Å². The third-order valence-electron chi connectivity index (χ3n) is 3.64. The summed E-state index contributed by atoms with van der Waals surface area (Å²) in [6, 6.07) is 6.14. The molecule has 6 heteroatoms. The van der Waals surface area contributed by atoms with Crippen LogP contribution >= 0.6 is 11.8 Å². The number of nitrogens with one attached hydrogen (secondary N) is 2.